The standard InChI is InChI=1S/C15H22N4/c1-14(2,3)11-7-10(13-16-18-19-17-13)8-12(9-11)15(4,5)6/h7-9H,1-6H3,(H,16,17,18,19). The van der Waals surface area contributed by atoms with E-state index in [2.05, 4.69) is 80.4 Å². The normalized spacial score (nSPS) is 12.7. The smallest absolute Gasteiger partial charge is 0.177 e. The van der Waals surface area contributed by atoms with Crippen molar-refractivity contribution in [1.29, 1.82) is 0 Å². The summed E-state index contributed by atoms with van der Waals surface area (Å²) in [7, 11) is 0. The average molecular weight is 258 g/mol. The number of H-pyrrole nitrogens is 1. The molecule has 1 heterocycles. The number of benzene rings is 1. The highest BCUT2D eigenvalue weighted by Gasteiger charge is 2.21. The minimum Gasteiger partial charge on any atom is -0.177 e. The highest BCUT2D eigenvalue weighted by atomic mass is 15.5. The lowest BCUT2D eigenvalue weighted by atomic mass is 9.79. The molecule has 19 heavy (non-hydrogen) atoms. The van der Waals surface area contributed by atoms with E-state index in [1.54, 1.807) is 0 Å². The predicted octanol–water partition coefficient (Wildman–Crippen LogP) is 3.46. The second-order valence-electron chi connectivity index (χ2n) is 7.03. The van der Waals surface area contributed by atoms with Crippen molar-refractivity contribution < 1.29 is 0 Å². The van der Waals surface area contributed by atoms with Crippen molar-refractivity contribution in [3.63, 3.8) is 0 Å². The lowest BCUT2D eigenvalue weighted by Crippen LogP contribution is -2.16. The van der Waals surface area contributed by atoms with E-state index in [4.69, 9.17) is 0 Å². The van der Waals surface area contributed by atoms with E-state index in [-0.39, 0.29) is 10.8 Å². The number of tetrazole rings is 1. The zero-order valence-electron chi connectivity index (χ0n) is 12.6. The van der Waals surface area contributed by atoms with Gasteiger partial charge in [-0.25, -0.2) is 0 Å². The van der Waals surface area contributed by atoms with Crippen molar-refractivity contribution >= 4 is 0 Å². The van der Waals surface area contributed by atoms with E-state index in [0.29, 0.717) is 5.82 Å². The molecule has 0 aliphatic rings. The second kappa shape index (κ2) is 4.44. The minimum absolute atomic E-state index is 0.0970. The summed E-state index contributed by atoms with van der Waals surface area (Å²) < 4.78 is 0. The lowest BCUT2D eigenvalue weighted by Gasteiger charge is -2.25. The number of hydrogen-bond acceptors (Lipinski definition) is 3. The van der Waals surface area contributed by atoms with E-state index in [1.807, 2.05) is 0 Å². The van der Waals surface area contributed by atoms with Gasteiger partial charge in [0.05, 0.1) is 0 Å². The molecule has 0 saturated carbocycles. The average Bonchev–Trinajstić information content (AvgIpc) is 2.79. The zero-order valence-corrected chi connectivity index (χ0v) is 12.6. The molecule has 0 spiro atoms. The Morgan fingerprint density at radius 3 is 1.74 bits per heavy atom. The maximum atomic E-state index is 4.09. The van der Waals surface area contributed by atoms with E-state index in [0.717, 1.165) is 5.56 Å². The Balaban J connectivity index is 2.62. The van der Waals surface area contributed by atoms with E-state index < -0.39 is 0 Å². The molecule has 0 radical (unpaired) electrons. The number of aromatic nitrogens is 4. The molecule has 0 amide bonds. The maximum Gasteiger partial charge on any atom is 0.204 e. The molecule has 102 valence electrons. The van der Waals surface area contributed by atoms with Gasteiger partial charge in [-0.2, -0.15) is 5.21 Å². The Kier molecular flexibility index (Phi) is 3.20. The molecule has 0 aliphatic heterocycles. The third kappa shape index (κ3) is 3.00. The molecular formula is C15H22N4. The molecular weight excluding hydrogens is 236 g/mol. The first-order chi connectivity index (χ1) is 8.68. The molecule has 4 heteroatoms. The highest BCUT2D eigenvalue weighted by Crippen LogP contribution is 2.32. The maximum absolute atomic E-state index is 4.09. The van der Waals surface area contributed by atoms with Gasteiger partial charge in [0.1, 0.15) is 0 Å². The summed E-state index contributed by atoms with van der Waals surface area (Å²) in [6, 6.07) is 6.59. The van der Waals surface area contributed by atoms with Crippen LogP contribution in [0.5, 0.6) is 0 Å². The highest BCUT2D eigenvalue weighted by molar-refractivity contribution is 5.58. The number of nitrogens with zero attached hydrogens (tertiary/aromatic N) is 3. The lowest BCUT2D eigenvalue weighted by molar-refractivity contribution is 0.569. The Morgan fingerprint density at radius 1 is 0.842 bits per heavy atom. The summed E-state index contributed by atoms with van der Waals surface area (Å²) in [6.07, 6.45) is 0. The molecule has 2 aromatic rings. The quantitative estimate of drug-likeness (QED) is 0.852. The fourth-order valence-corrected chi connectivity index (χ4v) is 1.91. The molecule has 0 unspecified atom stereocenters. The van der Waals surface area contributed by atoms with Crippen LogP contribution in [0, 0.1) is 0 Å². The topological polar surface area (TPSA) is 54.5 Å². The molecule has 0 saturated heterocycles. The predicted molar refractivity (Wildman–Crippen MR) is 77.0 cm³/mol. The van der Waals surface area contributed by atoms with Gasteiger partial charge < -0.3 is 0 Å². The Labute approximate surface area is 114 Å². The number of nitrogens with one attached hydrogen (secondary N) is 1. The molecule has 1 aromatic heterocycles. The molecule has 0 bridgehead atoms. The SMILES string of the molecule is CC(C)(C)c1cc(-c2nn[nH]n2)cc(C(C)(C)C)c1. The number of hydrogen-bond donors (Lipinski definition) is 1. The Bertz CT molecular complexity index is 525. The van der Waals surface area contributed by atoms with Crippen molar-refractivity contribution in [2.75, 3.05) is 0 Å². The number of aromatic amines is 1. The van der Waals surface area contributed by atoms with Gasteiger partial charge in [0, 0.05) is 5.56 Å². The van der Waals surface area contributed by atoms with Gasteiger partial charge in [-0.1, -0.05) is 47.6 Å². The first-order valence-electron chi connectivity index (χ1n) is 6.58. The van der Waals surface area contributed by atoms with Crippen LogP contribution in [0.15, 0.2) is 18.2 Å². The van der Waals surface area contributed by atoms with Gasteiger partial charge in [-0.3, -0.25) is 0 Å². The third-order valence-corrected chi connectivity index (χ3v) is 3.27. The summed E-state index contributed by atoms with van der Waals surface area (Å²) in [5.74, 6) is 0.650. The molecule has 0 atom stereocenters. The van der Waals surface area contributed by atoms with E-state index in [1.165, 1.54) is 11.1 Å². The summed E-state index contributed by atoms with van der Waals surface area (Å²) in [6.45, 7) is 13.3. The molecule has 0 aliphatic carbocycles. The van der Waals surface area contributed by atoms with E-state index in [9.17, 15) is 0 Å². The number of rotatable bonds is 1. The second-order valence-corrected chi connectivity index (χ2v) is 7.03. The van der Waals surface area contributed by atoms with Crippen LogP contribution in [0.1, 0.15) is 52.7 Å². The van der Waals surface area contributed by atoms with Crippen LogP contribution in [0.3, 0.4) is 0 Å². The van der Waals surface area contributed by atoms with Crippen molar-refractivity contribution in [2.45, 2.75) is 52.4 Å². The van der Waals surface area contributed by atoms with Gasteiger partial charge in [0.25, 0.3) is 0 Å². The Hall–Kier alpha value is -1.71. The van der Waals surface area contributed by atoms with Gasteiger partial charge in [0.2, 0.25) is 5.82 Å². The fourth-order valence-electron chi connectivity index (χ4n) is 1.91. The van der Waals surface area contributed by atoms with Crippen LogP contribution in [0.25, 0.3) is 11.4 Å². The largest absolute Gasteiger partial charge is 0.204 e. The summed E-state index contributed by atoms with van der Waals surface area (Å²) in [5.41, 5.74) is 3.80. The monoisotopic (exact) mass is 258 g/mol. The first kappa shape index (κ1) is 13.7. The molecule has 1 N–H and O–H groups in total. The van der Waals surface area contributed by atoms with Crippen LogP contribution in [-0.4, -0.2) is 20.6 Å². The molecule has 2 rings (SSSR count). The summed E-state index contributed by atoms with van der Waals surface area (Å²) in [4.78, 5) is 0. The fraction of sp³-hybridized carbons (Fsp3) is 0.533. The summed E-state index contributed by atoms with van der Waals surface area (Å²) in [5, 5.41) is 14.3. The van der Waals surface area contributed by atoms with Crippen molar-refractivity contribution in [3.05, 3.63) is 29.3 Å². The van der Waals surface area contributed by atoms with Crippen LogP contribution in [-0.2, 0) is 10.8 Å². The van der Waals surface area contributed by atoms with E-state index >= 15 is 0 Å². The van der Waals surface area contributed by atoms with Gasteiger partial charge in [-0.15, -0.1) is 10.2 Å². The van der Waals surface area contributed by atoms with Crippen LogP contribution in [0.2, 0.25) is 0 Å². The van der Waals surface area contributed by atoms with Crippen LogP contribution in [0.4, 0.5) is 0 Å². The minimum atomic E-state index is 0.0970. The molecule has 0 fully saturated rings. The molecule has 4 nitrogen and oxygen atoms in total. The summed E-state index contributed by atoms with van der Waals surface area (Å²) >= 11 is 0. The first-order valence-corrected chi connectivity index (χ1v) is 6.58. The van der Waals surface area contributed by atoms with Gasteiger partial charge in [-0.05, 0) is 39.3 Å². The van der Waals surface area contributed by atoms with Crippen LogP contribution >= 0.6 is 0 Å². The van der Waals surface area contributed by atoms with Gasteiger partial charge >= 0.3 is 0 Å². The van der Waals surface area contributed by atoms with Crippen molar-refractivity contribution in [1.82, 2.24) is 20.6 Å². The van der Waals surface area contributed by atoms with Crippen molar-refractivity contribution in [2.24, 2.45) is 0 Å². The van der Waals surface area contributed by atoms with Gasteiger partial charge in [0.15, 0.2) is 0 Å². The third-order valence-electron chi connectivity index (χ3n) is 3.27. The molecule has 1 aromatic carbocycles. The van der Waals surface area contributed by atoms with Crippen LogP contribution < -0.4 is 0 Å². The Morgan fingerprint density at radius 2 is 1.37 bits per heavy atom. The zero-order chi connectivity index (χ0) is 14.3. The van der Waals surface area contributed by atoms with Crippen molar-refractivity contribution in [3.8, 4) is 11.4 Å².